The van der Waals surface area contributed by atoms with Crippen LogP contribution in [0.15, 0.2) is 17.5 Å². The third-order valence-corrected chi connectivity index (χ3v) is 3.70. The maximum atomic E-state index is 11.9. The summed E-state index contributed by atoms with van der Waals surface area (Å²) >= 11 is 1.72. The minimum absolute atomic E-state index is 0.180. The van der Waals surface area contributed by atoms with Crippen LogP contribution in [-0.4, -0.2) is 36.6 Å². The van der Waals surface area contributed by atoms with Crippen molar-refractivity contribution in [1.82, 2.24) is 4.90 Å². The molecular weight excluding hydrogens is 222 g/mol. The second kappa shape index (κ2) is 5.46. The number of carbonyl (C=O) groups excluding carboxylic acids is 1. The Morgan fingerprint density at radius 2 is 2.56 bits per heavy atom. The van der Waals surface area contributed by atoms with Crippen molar-refractivity contribution >= 4 is 17.2 Å². The van der Waals surface area contributed by atoms with E-state index >= 15 is 0 Å². The number of rotatable bonds is 3. The third kappa shape index (κ3) is 3.06. The Balaban J connectivity index is 1.79. The Labute approximate surface area is 100 Å². The summed E-state index contributed by atoms with van der Waals surface area (Å²) in [6, 6.07) is 4.11. The Kier molecular flexibility index (Phi) is 3.96. The van der Waals surface area contributed by atoms with Crippen LogP contribution in [0.4, 0.5) is 0 Å². The summed E-state index contributed by atoms with van der Waals surface area (Å²) < 4.78 is 5.42. The molecule has 1 aromatic rings. The molecule has 1 amide bonds. The number of morpholine rings is 1. The smallest absolute Gasteiger partial charge is 0.223 e. The van der Waals surface area contributed by atoms with Crippen LogP contribution in [0.2, 0.25) is 0 Å². The lowest BCUT2D eigenvalue weighted by atomic mass is 10.2. The lowest BCUT2D eigenvalue weighted by molar-refractivity contribution is -0.138. The molecule has 1 aromatic heterocycles. The van der Waals surface area contributed by atoms with E-state index < -0.39 is 0 Å². The van der Waals surface area contributed by atoms with Crippen molar-refractivity contribution in [3.8, 4) is 0 Å². The minimum atomic E-state index is 0.180. The minimum Gasteiger partial charge on any atom is -0.375 e. The molecule has 1 aliphatic rings. The molecule has 1 fully saturated rings. The molecular formula is C12H17NO2S. The Hall–Kier alpha value is -0.870. The first-order valence-electron chi connectivity index (χ1n) is 5.67. The molecule has 0 N–H and O–H groups in total. The van der Waals surface area contributed by atoms with E-state index in [0.29, 0.717) is 13.0 Å². The zero-order chi connectivity index (χ0) is 11.4. The molecule has 2 rings (SSSR count). The van der Waals surface area contributed by atoms with Crippen molar-refractivity contribution in [2.45, 2.75) is 25.9 Å². The maximum Gasteiger partial charge on any atom is 0.223 e. The van der Waals surface area contributed by atoms with Gasteiger partial charge in [-0.25, -0.2) is 0 Å². The van der Waals surface area contributed by atoms with Gasteiger partial charge in [0, 0.05) is 24.4 Å². The number of hydrogen-bond donors (Lipinski definition) is 0. The predicted molar refractivity (Wildman–Crippen MR) is 64.6 cm³/mol. The van der Waals surface area contributed by atoms with Gasteiger partial charge in [0.1, 0.15) is 0 Å². The standard InChI is InChI=1S/C12H17NO2S/c1-10-9-13(6-7-15-10)12(14)5-4-11-3-2-8-16-11/h2-3,8,10H,4-7,9H2,1H3/t10-/m0/s1. The Morgan fingerprint density at radius 3 is 3.25 bits per heavy atom. The van der Waals surface area contributed by atoms with Gasteiger partial charge in [0.15, 0.2) is 0 Å². The second-order valence-electron chi connectivity index (χ2n) is 4.10. The van der Waals surface area contributed by atoms with Gasteiger partial charge in [-0.1, -0.05) is 6.07 Å². The van der Waals surface area contributed by atoms with E-state index in [0.717, 1.165) is 19.5 Å². The van der Waals surface area contributed by atoms with E-state index in [1.54, 1.807) is 11.3 Å². The van der Waals surface area contributed by atoms with Gasteiger partial charge in [-0.2, -0.15) is 0 Å². The normalized spacial score (nSPS) is 21.1. The Bertz CT molecular complexity index is 337. The molecule has 1 atom stereocenters. The highest BCUT2D eigenvalue weighted by Crippen LogP contribution is 2.13. The maximum absolute atomic E-state index is 11.9. The number of nitrogens with zero attached hydrogens (tertiary/aromatic N) is 1. The van der Waals surface area contributed by atoms with Crippen molar-refractivity contribution in [2.24, 2.45) is 0 Å². The molecule has 0 aliphatic carbocycles. The lowest BCUT2D eigenvalue weighted by Crippen LogP contribution is -2.44. The number of thiophene rings is 1. The predicted octanol–water partition coefficient (Wildman–Crippen LogP) is 1.93. The van der Waals surface area contributed by atoms with Gasteiger partial charge in [-0.3, -0.25) is 4.79 Å². The number of ether oxygens (including phenoxy) is 1. The zero-order valence-electron chi connectivity index (χ0n) is 9.52. The summed E-state index contributed by atoms with van der Waals surface area (Å²) in [4.78, 5) is 15.1. The number of carbonyl (C=O) groups is 1. The first kappa shape index (κ1) is 11.6. The fourth-order valence-corrected chi connectivity index (χ4v) is 2.60. The monoisotopic (exact) mass is 239 g/mol. The molecule has 0 saturated carbocycles. The van der Waals surface area contributed by atoms with Crippen molar-refractivity contribution in [3.63, 3.8) is 0 Å². The molecule has 0 spiro atoms. The SMILES string of the molecule is C[C@H]1CN(C(=O)CCc2cccs2)CCO1. The third-order valence-electron chi connectivity index (χ3n) is 2.76. The molecule has 0 unspecified atom stereocenters. The van der Waals surface area contributed by atoms with Crippen LogP contribution in [0.3, 0.4) is 0 Å². The first-order chi connectivity index (χ1) is 7.75. The zero-order valence-corrected chi connectivity index (χ0v) is 10.3. The summed E-state index contributed by atoms with van der Waals surface area (Å²) in [6.45, 7) is 4.17. The van der Waals surface area contributed by atoms with Gasteiger partial charge < -0.3 is 9.64 Å². The average molecular weight is 239 g/mol. The molecule has 88 valence electrons. The van der Waals surface area contributed by atoms with Gasteiger partial charge in [-0.15, -0.1) is 11.3 Å². The van der Waals surface area contributed by atoms with Crippen molar-refractivity contribution in [3.05, 3.63) is 22.4 Å². The summed E-state index contributed by atoms with van der Waals surface area (Å²) in [5, 5.41) is 2.05. The van der Waals surface area contributed by atoms with E-state index in [1.807, 2.05) is 17.9 Å². The fraction of sp³-hybridized carbons (Fsp3) is 0.583. The quantitative estimate of drug-likeness (QED) is 0.806. The second-order valence-corrected chi connectivity index (χ2v) is 5.13. The molecule has 0 radical (unpaired) electrons. The van der Waals surface area contributed by atoms with Crippen LogP contribution >= 0.6 is 11.3 Å². The van der Waals surface area contributed by atoms with E-state index in [4.69, 9.17) is 4.74 Å². The summed E-state index contributed by atoms with van der Waals surface area (Å²) in [6.07, 6.45) is 1.66. The number of amides is 1. The van der Waals surface area contributed by atoms with Gasteiger partial charge in [0.05, 0.1) is 12.7 Å². The van der Waals surface area contributed by atoms with E-state index in [2.05, 4.69) is 11.4 Å². The van der Waals surface area contributed by atoms with Crippen LogP contribution in [0.5, 0.6) is 0 Å². The van der Waals surface area contributed by atoms with Gasteiger partial charge >= 0.3 is 0 Å². The molecule has 1 aliphatic heterocycles. The summed E-state index contributed by atoms with van der Waals surface area (Å²) in [5.41, 5.74) is 0. The topological polar surface area (TPSA) is 29.5 Å². The van der Waals surface area contributed by atoms with E-state index in [-0.39, 0.29) is 12.0 Å². The molecule has 0 bridgehead atoms. The summed E-state index contributed by atoms with van der Waals surface area (Å²) in [7, 11) is 0. The van der Waals surface area contributed by atoms with Crippen molar-refractivity contribution in [1.29, 1.82) is 0 Å². The highest BCUT2D eigenvalue weighted by atomic mass is 32.1. The number of hydrogen-bond acceptors (Lipinski definition) is 3. The first-order valence-corrected chi connectivity index (χ1v) is 6.55. The van der Waals surface area contributed by atoms with Gasteiger partial charge in [0.2, 0.25) is 5.91 Å². The molecule has 16 heavy (non-hydrogen) atoms. The van der Waals surface area contributed by atoms with Crippen LogP contribution in [0.1, 0.15) is 18.2 Å². The van der Waals surface area contributed by atoms with Gasteiger partial charge in [0.25, 0.3) is 0 Å². The fourth-order valence-electron chi connectivity index (χ4n) is 1.89. The van der Waals surface area contributed by atoms with Crippen molar-refractivity contribution in [2.75, 3.05) is 19.7 Å². The van der Waals surface area contributed by atoms with E-state index in [1.165, 1.54) is 4.88 Å². The molecule has 0 aromatic carbocycles. The number of aryl methyl sites for hydroxylation is 1. The lowest BCUT2D eigenvalue weighted by Gasteiger charge is -2.31. The van der Waals surface area contributed by atoms with Gasteiger partial charge in [-0.05, 0) is 24.8 Å². The van der Waals surface area contributed by atoms with Crippen LogP contribution in [0, 0.1) is 0 Å². The highest BCUT2D eigenvalue weighted by Gasteiger charge is 2.20. The highest BCUT2D eigenvalue weighted by molar-refractivity contribution is 7.09. The molecule has 2 heterocycles. The van der Waals surface area contributed by atoms with E-state index in [9.17, 15) is 4.79 Å². The molecule has 3 nitrogen and oxygen atoms in total. The van der Waals surface area contributed by atoms with Crippen molar-refractivity contribution < 1.29 is 9.53 Å². The van der Waals surface area contributed by atoms with Crippen LogP contribution in [-0.2, 0) is 16.0 Å². The van der Waals surface area contributed by atoms with Crippen LogP contribution in [0.25, 0.3) is 0 Å². The Morgan fingerprint density at radius 1 is 1.69 bits per heavy atom. The average Bonchev–Trinajstić information content (AvgIpc) is 2.78. The molecule has 1 saturated heterocycles. The van der Waals surface area contributed by atoms with Crippen LogP contribution < -0.4 is 0 Å². The molecule has 4 heteroatoms. The summed E-state index contributed by atoms with van der Waals surface area (Å²) in [5.74, 6) is 0.253. The largest absolute Gasteiger partial charge is 0.375 e.